The smallest absolute Gasteiger partial charge is 0.408 e. The monoisotopic (exact) mass is 441 g/mol. The summed E-state index contributed by atoms with van der Waals surface area (Å²) in [5.74, 6) is -0.574. The Hall–Kier alpha value is -3.81. The van der Waals surface area contributed by atoms with Gasteiger partial charge >= 0.3 is 18.0 Å². The predicted molar refractivity (Wildman–Crippen MR) is 119 cm³/mol. The van der Waals surface area contributed by atoms with Gasteiger partial charge in [-0.2, -0.15) is 0 Å². The van der Waals surface area contributed by atoms with E-state index in [1.54, 1.807) is 69.3 Å². The Morgan fingerprint density at radius 3 is 2.31 bits per heavy atom. The van der Waals surface area contributed by atoms with E-state index in [0.717, 1.165) is 0 Å². The number of esters is 1. The molecule has 0 radical (unpaired) electrons. The van der Waals surface area contributed by atoms with Crippen LogP contribution >= 0.6 is 0 Å². The third-order valence-corrected chi connectivity index (χ3v) is 4.10. The number of amides is 1. The van der Waals surface area contributed by atoms with Crippen LogP contribution in [-0.4, -0.2) is 41.9 Å². The first kappa shape index (κ1) is 24.5. The minimum absolute atomic E-state index is 0.0767. The summed E-state index contributed by atoms with van der Waals surface area (Å²) in [6.07, 6.45) is 2.18. The molecule has 1 atom stereocenters. The van der Waals surface area contributed by atoms with Gasteiger partial charge in [-0.15, -0.1) is 0 Å². The standard InChI is InChI=1S/C24H27NO7/c1-24(2,3)32-23(29)25-19(22(27)28)15-16-9-12-18(13-10-16)31-20-8-6-5-7-17(20)11-14-21(26)30-4/h5-14,19H,15H2,1-4H3,(H,25,29)(H,27,28)/b14-11+. The second-order valence-electron chi connectivity index (χ2n) is 7.88. The van der Waals surface area contributed by atoms with Crippen LogP contribution in [0.15, 0.2) is 54.6 Å². The van der Waals surface area contributed by atoms with Crippen molar-refractivity contribution >= 4 is 24.1 Å². The van der Waals surface area contributed by atoms with Gasteiger partial charge in [-0.25, -0.2) is 14.4 Å². The number of benzene rings is 2. The fourth-order valence-corrected chi connectivity index (χ4v) is 2.64. The first-order chi connectivity index (χ1) is 15.1. The van der Waals surface area contributed by atoms with E-state index in [1.165, 1.54) is 13.2 Å². The van der Waals surface area contributed by atoms with Gasteiger partial charge in [0.2, 0.25) is 0 Å². The molecule has 8 nitrogen and oxygen atoms in total. The third-order valence-electron chi connectivity index (χ3n) is 4.10. The Morgan fingerprint density at radius 1 is 1.06 bits per heavy atom. The molecule has 0 aliphatic heterocycles. The first-order valence-corrected chi connectivity index (χ1v) is 9.91. The number of para-hydroxylation sites is 1. The zero-order valence-electron chi connectivity index (χ0n) is 18.5. The second kappa shape index (κ2) is 11.0. The van der Waals surface area contributed by atoms with Crippen LogP contribution in [0, 0.1) is 0 Å². The molecule has 2 rings (SSSR count). The van der Waals surface area contributed by atoms with Crippen molar-refractivity contribution in [3.05, 3.63) is 65.7 Å². The highest BCUT2D eigenvalue weighted by molar-refractivity contribution is 5.87. The van der Waals surface area contributed by atoms with E-state index >= 15 is 0 Å². The molecule has 170 valence electrons. The van der Waals surface area contributed by atoms with Crippen molar-refractivity contribution in [3.8, 4) is 11.5 Å². The number of carboxylic acid groups (broad SMARTS) is 1. The summed E-state index contributed by atoms with van der Waals surface area (Å²) in [6.45, 7) is 5.10. The van der Waals surface area contributed by atoms with Crippen LogP contribution in [0.4, 0.5) is 4.79 Å². The molecule has 0 aliphatic carbocycles. The Morgan fingerprint density at radius 2 is 1.72 bits per heavy atom. The molecule has 1 amide bonds. The maximum atomic E-state index is 11.9. The van der Waals surface area contributed by atoms with Gasteiger partial charge in [-0.1, -0.05) is 30.3 Å². The summed E-state index contributed by atoms with van der Waals surface area (Å²) in [5, 5.41) is 11.8. The highest BCUT2D eigenvalue weighted by Gasteiger charge is 2.24. The lowest BCUT2D eigenvalue weighted by Gasteiger charge is -2.22. The molecule has 0 fully saturated rings. The lowest BCUT2D eigenvalue weighted by Crippen LogP contribution is -2.44. The lowest BCUT2D eigenvalue weighted by atomic mass is 10.1. The van der Waals surface area contributed by atoms with Crippen molar-refractivity contribution in [2.75, 3.05) is 7.11 Å². The van der Waals surface area contributed by atoms with Crippen molar-refractivity contribution in [3.63, 3.8) is 0 Å². The van der Waals surface area contributed by atoms with E-state index in [-0.39, 0.29) is 6.42 Å². The Labute approximate surface area is 186 Å². The van der Waals surface area contributed by atoms with Gasteiger partial charge in [0.15, 0.2) is 0 Å². The number of aliphatic carboxylic acids is 1. The van der Waals surface area contributed by atoms with Crippen molar-refractivity contribution in [1.82, 2.24) is 5.32 Å². The van der Waals surface area contributed by atoms with E-state index in [0.29, 0.717) is 22.6 Å². The summed E-state index contributed by atoms with van der Waals surface area (Å²) in [5.41, 5.74) is 0.656. The quantitative estimate of drug-likeness (QED) is 0.467. The second-order valence-corrected chi connectivity index (χ2v) is 7.88. The van der Waals surface area contributed by atoms with E-state index in [2.05, 4.69) is 10.1 Å². The molecule has 0 heterocycles. The number of nitrogens with one attached hydrogen (secondary N) is 1. The van der Waals surface area contributed by atoms with Crippen LogP contribution in [-0.2, 0) is 25.5 Å². The molecule has 0 saturated carbocycles. The molecule has 1 unspecified atom stereocenters. The first-order valence-electron chi connectivity index (χ1n) is 9.91. The fraction of sp³-hybridized carbons (Fsp3) is 0.292. The van der Waals surface area contributed by atoms with Crippen LogP contribution in [0.1, 0.15) is 31.9 Å². The van der Waals surface area contributed by atoms with Gasteiger partial charge in [0, 0.05) is 18.1 Å². The van der Waals surface area contributed by atoms with Crippen LogP contribution in [0.2, 0.25) is 0 Å². The average molecular weight is 441 g/mol. The lowest BCUT2D eigenvalue weighted by molar-refractivity contribution is -0.139. The van der Waals surface area contributed by atoms with Gasteiger partial charge in [0.25, 0.3) is 0 Å². The number of ether oxygens (including phenoxy) is 3. The van der Waals surface area contributed by atoms with E-state index in [4.69, 9.17) is 9.47 Å². The largest absolute Gasteiger partial charge is 0.480 e. The zero-order valence-corrected chi connectivity index (χ0v) is 18.5. The Balaban J connectivity index is 2.07. The van der Waals surface area contributed by atoms with Gasteiger partial charge in [-0.3, -0.25) is 0 Å². The minimum Gasteiger partial charge on any atom is -0.480 e. The fourth-order valence-electron chi connectivity index (χ4n) is 2.64. The number of rotatable bonds is 8. The van der Waals surface area contributed by atoms with Crippen LogP contribution in [0.3, 0.4) is 0 Å². The normalized spacial score (nSPS) is 12.1. The summed E-state index contributed by atoms with van der Waals surface area (Å²) in [4.78, 5) is 34.8. The SMILES string of the molecule is COC(=O)/C=C/c1ccccc1Oc1ccc(CC(NC(=O)OC(C)(C)C)C(=O)O)cc1. The van der Waals surface area contributed by atoms with E-state index in [1.807, 2.05) is 6.07 Å². The average Bonchev–Trinajstić information content (AvgIpc) is 2.72. The molecule has 8 heteroatoms. The topological polar surface area (TPSA) is 111 Å². The van der Waals surface area contributed by atoms with Gasteiger partial charge < -0.3 is 24.6 Å². The predicted octanol–water partition coefficient (Wildman–Crippen LogP) is 4.19. The maximum Gasteiger partial charge on any atom is 0.408 e. The summed E-state index contributed by atoms with van der Waals surface area (Å²) in [7, 11) is 1.30. The Kier molecular flexibility index (Phi) is 8.40. The molecule has 0 aromatic heterocycles. The molecule has 0 bridgehead atoms. The number of carboxylic acids is 1. The van der Waals surface area contributed by atoms with Gasteiger partial charge in [0.1, 0.15) is 23.1 Å². The third kappa shape index (κ3) is 8.14. The zero-order chi connectivity index (χ0) is 23.7. The highest BCUT2D eigenvalue weighted by Crippen LogP contribution is 2.26. The molecule has 0 aliphatic rings. The molecule has 0 saturated heterocycles. The van der Waals surface area contributed by atoms with Crippen molar-refractivity contribution in [2.45, 2.75) is 38.8 Å². The number of alkyl carbamates (subject to hydrolysis) is 1. The summed E-state index contributed by atoms with van der Waals surface area (Å²) in [6, 6.07) is 12.9. The Bertz CT molecular complexity index is 975. The van der Waals surface area contributed by atoms with E-state index < -0.39 is 29.7 Å². The number of carbonyl (C=O) groups is 3. The van der Waals surface area contributed by atoms with Gasteiger partial charge in [0.05, 0.1) is 7.11 Å². The van der Waals surface area contributed by atoms with Crippen molar-refractivity contribution in [1.29, 1.82) is 0 Å². The van der Waals surface area contributed by atoms with Crippen LogP contribution in [0.25, 0.3) is 6.08 Å². The summed E-state index contributed by atoms with van der Waals surface area (Å²) < 4.78 is 15.6. The molecule has 0 spiro atoms. The molecular weight excluding hydrogens is 414 g/mol. The van der Waals surface area contributed by atoms with Crippen molar-refractivity contribution < 1.29 is 33.7 Å². The number of hydrogen-bond donors (Lipinski definition) is 2. The van der Waals surface area contributed by atoms with Gasteiger partial charge in [-0.05, 0) is 50.6 Å². The molecular formula is C24H27NO7. The van der Waals surface area contributed by atoms with Crippen LogP contribution < -0.4 is 10.1 Å². The van der Waals surface area contributed by atoms with Crippen molar-refractivity contribution in [2.24, 2.45) is 0 Å². The molecule has 2 aromatic rings. The molecule has 32 heavy (non-hydrogen) atoms. The number of methoxy groups -OCH3 is 1. The minimum atomic E-state index is -1.16. The highest BCUT2D eigenvalue weighted by atomic mass is 16.6. The number of carbonyl (C=O) groups excluding carboxylic acids is 2. The van der Waals surface area contributed by atoms with E-state index in [9.17, 15) is 19.5 Å². The molecule has 2 aromatic carbocycles. The van der Waals surface area contributed by atoms with Crippen LogP contribution in [0.5, 0.6) is 11.5 Å². The molecule has 2 N–H and O–H groups in total. The maximum absolute atomic E-state index is 11.9. The number of hydrogen-bond acceptors (Lipinski definition) is 6. The summed E-state index contributed by atoms with van der Waals surface area (Å²) >= 11 is 0.